The first kappa shape index (κ1) is 17.2. The average molecular weight is 356 g/mol. The van der Waals surface area contributed by atoms with Gasteiger partial charge in [0.2, 0.25) is 10.0 Å². The predicted molar refractivity (Wildman–Crippen MR) is 101 cm³/mol. The fraction of sp³-hybridized carbons (Fsp3) is 0.211. The zero-order valence-electron chi connectivity index (χ0n) is 14.0. The SMILES string of the molecule is CS(=O)(=O)Nc1ccc(/C=C/C(=O)N2CCCc3ccccc32)cc1. The molecule has 25 heavy (non-hydrogen) atoms. The minimum absolute atomic E-state index is 0.0505. The number of benzene rings is 2. The topological polar surface area (TPSA) is 66.5 Å². The van der Waals surface area contributed by atoms with Crippen molar-refractivity contribution < 1.29 is 13.2 Å². The molecule has 130 valence electrons. The zero-order valence-corrected chi connectivity index (χ0v) is 14.8. The van der Waals surface area contributed by atoms with Crippen molar-refractivity contribution in [3.8, 4) is 0 Å². The summed E-state index contributed by atoms with van der Waals surface area (Å²) in [5, 5.41) is 0. The lowest BCUT2D eigenvalue weighted by atomic mass is 10.0. The van der Waals surface area contributed by atoms with Crippen molar-refractivity contribution in [1.29, 1.82) is 0 Å². The number of nitrogens with one attached hydrogen (secondary N) is 1. The van der Waals surface area contributed by atoms with Gasteiger partial charge in [0.15, 0.2) is 0 Å². The highest BCUT2D eigenvalue weighted by Crippen LogP contribution is 2.27. The quantitative estimate of drug-likeness (QED) is 0.856. The molecule has 0 saturated heterocycles. The third-order valence-corrected chi connectivity index (χ3v) is 4.62. The molecule has 1 N–H and O–H groups in total. The number of para-hydroxylation sites is 1. The van der Waals surface area contributed by atoms with E-state index in [0.29, 0.717) is 5.69 Å². The lowest BCUT2D eigenvalue weighted by Crippen LogP contribution is -2.34. The van der Waals surface area contributed by atoms with E-state index in [-0.39, 0.29) is 5.91 Å². The van der Waals surface area contributed by atoms with Gasteiger partial charge < -0.3 is 4.90 Å². The fourth-order valence-corrected chi connectivity index (χ4v) is 3.46. The van der Waals surface area contributed by atoms with Gasteiger partial charge in [0.1, 0.15) is 0 Å². The molecule has 0 radical (unpaired) electrons. The van der Waals surface area contributed by atoms with Crippen LogP contribution in [-0.2, 0) is 21.2 Å². The highest BCUT2D eigenvalue weighted by Gasteiger charge is 2.20. The summed E-state index contributed by atoms with van der Waals surface area (Å²) >= 11 is 0. The van der Waals surface area contributed by atoms with Crippen LogP contribution in [0.1, 0.15) is 17.5 Å². The van der Waals surface area contributed by atoms with E-state index in [1.54, 1.807) is 41.3 Å². The number of anilines is 2. The molecular weight excluding hydrogens is 336 g/mol. The van der Waals surface area contributed by atoms with Gasteiger partial charge in [-0.1, -0.05) is 30.3 Å². The van der Waals surface area contributed by atoms with E-state index < -0.39 is 10.0 Å². The van der Waals surface area contributed by atoms with E-state index in [2.05, 4.69) is 10.8 Å². The van der Waals surface area contributed by atoms with Crippen LogP contribution < -0.4 is 9.62 Å². The van der Waals surface area contributed by atoms with Gasteiger partial charge in [0, 0.05) is 24.0 Å². The van der Waals surface area contributed by atoms with Crippen molar-refractivity contribution in [2.24, 2.45) is 0 Å². The number of hydrogen-bond acceptors (Lipinski definition) is 3. The Bertz CT molecular complexity index is 903. The molecule has 0 bridgehead atoms. The first-order valence-corrected chi connectivity index (χ1v) is 9.97. The Labute approximate surface area is 148 Å². The Balaban J connectivity index is 1.71. The summed E-state index contributed by atoms with van der Waals surface area (Å²) in [6, 6.07) is 14.8. The van der Waals surface area contributed by atoms with Gasteiger partial charge in [-0.05, 0) is 48.2 Å². The molecule has 0 unspecified atom stereocenters. The first-order chi connectivity index (χ1) is 11.9. The molecule has 0 atom stereocenters. The minimum atomic E-state index is -3.29. The van der Waals surface area contributed by atoms with Gasteiger partial charge in [-0.15, -0.1) is 0 Å². The Hall–Kier alpha value is -2.60. The molecule has 1 aliphatic rings. The fourth-order valence-electron chi connectivity index (χ4n) is 2.90. The van der Waals surface area contributed by atoms with Crippen LogP contribution in [0.2, 0.25) is 0 Å². The lowest BCUT2D eigenvalue weighted by Gasteiger charge is -2.28. The number of fused-ring (bicyclic) bond motifs is 1. The molecule has 1 amide bonds. The molecule has 3 rings (SSSR count). The van der Waals surface area contributed by atoms with E-state index in [1.807, 2.05) is 18.2 Å². The number of rotatable bonds is 4. The summed E-state index contributed by atoms with van der Waals surface area (Å²) < 4.78 is 24.8. The zero-order chi connectivity index (χ0) is 17.9. The van der Waals surface area contributed by atoms with Crippen LogP contribution >= 0.6 is 0 Å². The summed E-state index contributed by atoms with van der Waals surface area (Å²) in [6.07, 6.45) is 6.36. The highest BCUT2D eigenvalue weighted by molar-refractivity contribution is 7.92. The molecule has 0 spiro atoms. The second-order valence-corrected chi connectivity index (χ2v) is 7.80. The molecule has 2 aromatic carbocycles. The van der Waals surface area contributed by atoms with Crippen LogP contribution in [0.25, 0.3) is 6.08 Å². The normalized spacial score (nSPS) is 14.4. The molecular formula is C19H20N2O3S. The van der Waals surface area contributed by atoms with Crippen LogP contribution in [0, 0.1) is 0 Å². The summed E-state index contributed by atoms with van der Waals surface area (Å²) in [5.41, 5.74) is 3.51. The van der Waals surface area contributed by atoms with Crippen molar-refractivity contribution in [3.05, 3.63) is 65.7 Å². The van der Waals surface area contributed by atoms with Gasteiger partial charge in [0.25, 0.3) is 5.91 Å². The molecule has 0 fully saturated rings. The molecule has 0 aliphatic carbocycles. The number of carbonyl (C=O) groups is 1. The molecule has 1 aliphatic heterocycles. The van der Waals surface area contributed by atoms with E-state index in [4.69, 9.17) is 0 Å². The van der Waals surface area contributed by atoms with Crippen molar-refractivity contribution in [2.45, 2.75) is 12.8 Å². The summed E-state index contributed by atoms with van der Waals surface area (Å²) in [4.78, 5) is 14.3. The van der Waals surface area contributed by atoms with Crippen LogP contribution in [0.5, 0.6) is 0 Å². The second kappa shape index (κ2) is 7.11. The molecule has 0 saturated carbocycles. The molecule has 6 heteroatoms. The number of sulfonamides is 1. The van der Waals surface area contributed by atoms with Gasteiger partial charge >= 0.3 is 0 Å². The van der Waals surface area contributed by atoms with E-state index in [1.165, 1.54) is 5.56 Å². The maximum Gasteiger partial charge on any atom is 0.250 e. The smallest absolute Gasteiger partial charge is 0.250 e. The van der Waals surface area contributed by atoms with Crippen molar-refractivity contribution in [1.82, 2.24) is 0 Å². The van der Waals surface area contributed by atoms with E-state index in [0.717, 1.165) is 36.9 Å². The molecule has 0 aromatic heterocycles. The average Bonchev–Trinajstić information content (AvgIpc) is 2.59. The van der Waals surface area contributed by atoms with Gasteiger partial charge in [-0.3, -0.25) is 9.52 Å². The Morgan fingerprint density at radius 2 is 1.84 bits per heavy atom. The Morgan fingerprint density at radius 3 is 2.56 bits per heavy atom. The van der Waals surface area contributed by atoms with Crippen LogP contribution in [-0.4, -0.2) is 27.1 Å². The van der Waals surface area contributed by atoms with Crippen LogP contribution in [0.4, 0.5) is 11.4 Å². The largest absolute Gasteiger partial charge is 0.309 e. The molecule has 2 aromatic rings. The van der Waals surface area contributed by atoms with E-state index in [9.17, 15) is 13.2 Å². The lowest BCUT2D eigenvalue weighted by molar-refractivity contribution is -0.114. The number of amides is 1. The second-order valence-electron chi connectivity index (χ2n) is 6.05. The van der Waals surface area contributed by atoms with Gasteiger partial charge in [0.05, 0.1) is 6.26 Å². The molecule has 5 nitrogen and oxygen atoms in total. The van der Waals surface area contributed by atoms with Crippen molar-refractivity contribution in [3.63, 3.8) is 0 Å². The standard InChI is InChI=1S/C19H20N2O3S/c1-25(23,24)20-17-11-8-15(9-12-17)10-13-19(22)21-14-4-6-16-5-2-3-7-18(16)21/h2-3,5,7-13,20H,4,6,14H2,1H3/b13-10+. The summed E-state index contributed by atoms with van der Waals surface area (Å²) in [7, 11) is -3.29. The highest BCUT2D eigenvalue weighted by atomic mass is 32.2. The maximum atomic E-state index is 12.5. The third-order valence-electron chi connectivity index (χ3n) is 4.01. The first-order valence-electron chi connectivity index (χ1n) is 8.08. The van der Waals surface area contributed by atoms with Crippen LogP contribution in [0.3, 0.4) is 0 Å². The summed E-state index contributed by atoms with van der Waals surface area (Å²) in [6.45, 7) is 0.720. The van der Waals surface area contributed by atoms with Gasteiger partial charge in [-0.2, -0.15) is 0 Å². The third kappa shape index (κ3) is 4.48. The van der Waals surface area contributed by atoms with Gasteiger partial charge in [-0.25, -0.2) is 8.42 Å². The Kier molecular flexibility index (Phi) is 4.90. The number of aryl methyl sites for hydroxylation is 1. The van der Waals surface area contributed by atoms with Crippen molar-refractivity contribution in [2.75, 3.05) is 22.4 Å². The molecule has 1 heterocycles. The number of hydrogen-bond donors (Lipinski definition) is 1. The van der Waals surface area contributed by atoms with Crippen molar-refractivity contribution >= 4 is 33.4 Å². The number of carbonyl (C=O) groups excluding carboxylic acids is 1. The Morgan fingerprint density at radius 1 is 1.12 bits per heavy atom. The summed E-state index contributed by atoms with van der Waals surface area (Å²) in [5.74, 6) is -0.0505. The monoisotopic (exact) mass is 356 g/mol. The number of nitrogens with zero attached hydrogens (tertiary/aromatic N) is 1. The van der Waals surface area contributed by atoms with Crippen LogP contribution in [0.15, 0.2) is 54.6 Å². The van der Waals surface area contributed by atoms with E-state index >= 15 is 0 Å². The predicted octanol–water partition coefficient (Wildman–Crippen LogP) is 3.05. The maximum absolute atomic E-state index is 12.5. The minimum Gasteiger partial charge on any atom is -0.309 e.